The molecular formula is C12H15F2N5OS. The van der Waals surface area contributed by atoms with E-state index < -0.39 is 17.4 Å². The molecule has 9 heteroatoms. The molecule has 1 atom stereocenters. The van der Waals surface area contributed by atoms with Crippen molar-refractivity contribution >= 4 is 22.4 Å². The summed E-state index contributed by atoms with van der Waals surface area (Å²) in [5.41, 5.74) is 2.48. The van der Waals surface area contributed by atoms with Crippen LogP contribution in [0.4, 0.5) is 13.9 Å². The zero-order chi connectivity index (χ0) is 15.7. The van der Waals surface area contributed by atoms with Crippen LogP contribution >= 0.6 is 11.3 Å². The first-order chi connectivity index (χ1) is 9.81. The predicted molar refractivity (Wildman–Crippen MR) is 74.6 cm³/mol. The average Bonchev–Trinajstić information content (AvgIpc) is 2.95. The van der Waals surface area contributed by atoms with Crippen molar-refractivity contribution in [1.29, 1.82) is 0 Å². The van der Waals surface area contributed by atoms with Gasteiger partial charge in [0.25, 0.3) is 6.43 Å². The number of carbonyl (C=O) groups excluding carboxylic acids is 1. The molecule has 0 aliphatic carbocycles. The van der Waals surface area contributed by atoms with Gasteiger partial charge in [-0.15, -0.1) is 10.2 Å². The van der Waals surface area contributed by atoms with Gasteiger partial charge in [-0.25, -0.2) is 8.78 Å². The quantitative estimate of drug-likeness (QED) is 0.941. The number of hydrogen-bond donors (Lipinski definition) is 1. The van der Waals surface area contributed by atoms with Gasteiger partial charge in [-0.1, -0.05) is 11.3 Å². The first-order valence-corrected chi connectivity index (χ1v) is 7.05. The third-order valence-electron chi connectivity index (χ3n) is 3.25. The highest BCUT2D eigenvalue weighted by molar-refractivity contribution is 7.15. The lowest BCUT2D eigenvalue weighted by Gasteiger charge is -2.11. The lowest BCUT2D eigenvalue weighted by Crippen LogP contribution is -2.19. The van der Waals surface area contributed by atoms with Gasteiger partial charge in [-0.05, 0) is 20.8 Å². The number of nitrogens with one attached hydrogen (secondary N) is 1. The van der Waals surface area contributed by atoms with Crippen LogP contribution in [0.3, 0.4) is 0 Å². The minimum atomic E-state index is -2.69. The Morgan fingerprint density at radius 2 is 2.00 bits per heavy atom. The van der Waals surface area contributed by atoms with E-state index in [2.05, 4.69) is 20.6 Å². The molecule has 0 aliphatic rings. The number of hydrogen-bond acceptors (Lipinski definition) is 5. The molecular weight excluding hydrogens is 300 g/mol. The van der Waals surface area contributed by atoms with E-state index >= 15 is 0 Å². The highest BCUT2D eigenvalue weighted by Gasteiger charge is 2.24. The molecule has 1 unspecified atom stereocenters. The minimum Gasteiger partial charge on any atom is -0.300 e. The number of carbonyl (C=O) groups is 1. The van der Waals surface area contributed by atoms with Crippen molar-refractivity contribution in [3.63, 3.8) is 0 Å². The second-order valence-corrected chi connectivity index (χ2v) is 5.67. The molecule has 0 saturated carbocycles. The first kappa shape index (κ1) is 15.5. The van der Waals surface area contributed by atoms with Gasteiger partial charge in [0.2, 0.25) is 11.0 Å². The van der Waals surface area contributed by atoms with Crippen LogP contribution in [-0.4, -0.2) is 25.9 Å². The van der Waals surface area contributed by atoms with Crippen molar-refractivity contribution in [2.45, 2.75) is 33.1 Å². The van der Waals surface area contributed by atoms with Crippen LogP contribution in [0, 0.1) is 13.8 Å². The van der Waals surface area contributed by atoms with Crippen LogP contribution in [0.15, 0.2) is 0 Å². The summed E-state index contributed by atoms with van der Waals surface area (Å²) in [4.78, 5) is 12.2. The summed E-state index contributed by atoms with van der Waals surface area (Å²) >= 11 is 0.671. The van der Waals surface area contributed by atoms with Crippen LogP contribution in [0.5, 0.6) is 0 Å². The zero-order valence-electron chi connectivity index (χ0n) is 12.0. The Morgan fingerprint density at radius 1 is 1.33 bits per heavy atom. The molecule has 1 amide bonds. The number of nitrogens with zero attached hydrogens (tertiary/aromatic N) is 4. The molecule has 0 fully saturated rings. The molecule has 6 nitrogen and oxygen atoms in total. The Bertz CT molecular complexity index is 667. The first-order valence-electron chi connectivity index (χ1n) is 6.23. The molecule has 114 valence electrons. The Morgan fingerprint density at radius 3 is 2.48 bits per heavy atom. The molecule has 0 saturated heterocycles. The van der Waals surface area contributed by atoms with E-state index in [-0.39, 0.29) is 11.0 Å². The highest BCUT2D eigenvalue weighted by atomic mass is 32.1. The molecule has 0 radical (unpaired) electrons. The Balaban J connectivity index is 2.15. The molecule has 0 aromatic carbocycles. The number of amides is 1. The van der Waals surface area contributed by atoms with Gasteiger partial charge in [0.1, 0.15) is 0 Å². The summed E-state index contributed by atoms with van der Waals surface area (Å²) in [7, 11) is 1.80. The van der Waals surface area contributed by atoms with Crippen LogP contribution in [-0.2, 0) is 11.8 Å². The molecule has 2 rings (SSSR count). The largest absolute Gasteiger partial charge is 0.300 e. The molecule has 0 aliphatic heterocycles. The van der Waals surface area contributed by atoms with E-state index in [1.165, 1.54) is 0 Å². The van der Waals surface area contributed by atoms with Gasteiger partial charge in [-0.2, -0.15) is 5.10 Å². The van der Waals surface area contributed by atoms with Gasteiger partial charge in [-0.3, -0.25) is 14.8 Å². The molecule has 0 bridgehead atoms. The molecule has 0 spiro atoms. The number of halogens is 2. The smallest absolute Gasteiger partial charge is 0.291 e. The average molecular weight is 315 g/mol. The number of alkyl halides is 2. The van der Waals surface area contributed by atoms with E-state index in [0.29, 0.717) is 11.3 Å². The standard InChI is InChI=1S/C12H15F2N5OS/c1-5(8-6(2)18-19(4)7(8)3)10(20)15-12-17-16-11(21-12)9(13)14/h5,9H,1-4H3,(H,15,17,20). The zero-order valence-corrected chi connectivity index (χ0v) is 12.8. The lowest BCUT2D eigenvalue weighted by atomic mass is 9.98. The maximum absolute atomic E-state index is 12.4. The fourth-order valence-corrected chi connectivity index (χ4v) is 2.74. The monoisotopic (exact) mass is 315 g/mol. The third-order valence-corrected chi connectivity index (χ3v) is 4.09. The topological polar surface area (TPSA) is 72.7 Å². The Labute approximate surface area is 124 Å². The summed E-state index contributed by atoms with van der Waals surface area (Å²) in [6.07, 6.45) is -2.69. The van der Waals surface area contributed by atoms with Crippen molar-refractivity contribution in [3.05, 3.63) is 22.0 Å². The van der Waals surface area contributed by atoms with Gasteiger partial charge in [0.15, 0.2) is 5.01 Å². The Hall–Kier alpha value is -1.90. The van der Waals surface area contributed by atoms with Crippen molar-refractivity contribution in [2.24, 2.45) is 7.05 Å². The van der Waals surface area contributed by atoms with E-state index in [1.807, 2.05) is 13.8 Å². The lowest BCUT2D eigenvalue weighted by molar-refractivity contribution is -0.117. The second-order valence-electron chi connectivity index (χ2n) is 4.67. The van der Waals surface area contributed by atoms with Crippen molar-refractivity contribution in [3.8, 4) is 0 Å². The van der Waals surface area contributed by atoms with Crippen molar-refractivity contribution in [1.82, 2.24) is 20.0 Å². The van der Waals surface area contributed by atoms with Gasteiger partial charge < -0.3 is 0 Å². The maximum Gasteiger partial charge on any atom is 0.291 e. The molecule has 2 heterocycles. The number of aryl methyl sites for hydroxylation is 2. The fraction of sp³-hybridized carbons (Fsp3) is 0.500. The maximum atomic E-state index is 12.4. The summed E-state index contributed by atoms with van der Waals surface area (Å²) in [5.74, 6) is -0.788. The minimum absolute atomic E-state index is 0.0707. The number of anilines is 1. The van der Waals surface area contributed by atoms with Gasteiger partial charge >= 0.3 is 0 Å². The number of rotatable bonds is 4. The van der Waals surface area contributed by atoms with Gasteiger partial charge in [0, 0.05) is 18.3 Å². The van der Waals surface area contributed by atoms with Crippen LogP contribution in [0.1, 0.15) is 41.2 Å². The fourth-order valence-electron chi connectivity index (χ4n) is 2.13. The molecule has 2 aromatic heterocycles. The summed E-state index contributed by atoms with van der Waals surface area (Å²) in [6, 6.07) is 0. The summed E-state index contributed by atoms with van der Waals surface area (Å²) in [5, 5.41) is 13.3. The van der Waals surface area contributed by atoms with E-state index in [1.54, 1.807) is 18.7 Å². The van der Waals surface area contributed by atoms with Crippen LogP contribution in [0.25, 0.3) is 0 Å². The van der Waals surface area contributed by atoms with E-state index in [0.717, 1.165) is 17.0 Å². The van der Waals surface area contributed by atoms with Crippen molar-refractivity contribution in [2.75, 3.05) is 5.32 Å². The van der Waals surface area contributed by atoms with E-state index in [4.69, 9.17) is 0 Å². The summed E-state index contributed by atoms with van der Waals surface area (Å²) < 4.78 is 26.6. The normalized spacial score (nSPS) is 12.7. The molecule has 21 heavy (non-hydrogen) atoms. The van der Waals surface area contributed by atoms with Crippen LogP contribution in [0.2, 0.25) is 0 Å². The molecule has 2 aromatic rings. The van der Waals surface area contributed by atoms with Crippen LogP contribution < -0.4 is 5.32 Å². The number of aromatic nitrogens is 4. The molecule has 1 N–H and O–H groups in total. The predicted octanol–water partition coefficient (Wildman–Crippen LogP) is 2.57. The Kier molecular flexibility index (Phi) is 4.31. The summed E-state index contributed by atoms with van der Waals surface area (Å²) in [6.45, 7) is 5.44. The van der Waals surface area contributed by atoms with E-state index in [9.17, 15) is 13.6 Å². The van der Waals surface area contributed by atoms with Gasteiger partial charge in [0.05, 0.1) is 11.6 Å². The second kappa shape index (κ2) is 5.84. The SMILES string of the molecule is Cc1nn(C)c(C)c1C(C)C(=O)Nc1nnc(C(F)F)s1. The third kappa shape index (κ3) is 3.07. The highest BCUT2D eigenvalue weighted by Crippen LogP contribution is 2.27. The van der Waals surface area contributed by atoms with Crippen molar-refractivity contribution < 1.29 is 13.6 Å².